The number of quaternary nitrogens is 1. The Morgan fingerprint density at radius 1 is 0.900 bits per heavy atom. The third-order valence-electron chi connectivity index (χ3n) is 5.64. The van der Waals surface area contributed by atoms with Crippen molar-refractivity contribution in [3.05, 3.63) is 88.4 Å². The van der Waals surface area contributed by atoms with Crippen LogP contribution in [0.4, 0.5) is 5.69 Å². The van der Waals surface area contributed by atoms with Gasteiger partial charge in [-0.15, -0.1) is 0 Å². The van der Waals surface area contributed by atoms with Crippen LogP contribution in [0.2, 0.25) is 0 Å². The molecule has 1 aromatic heterocycles. The van der Waals surface area contributed by atoms with Crippen molar-refractivity contribution in [2.75, 3.05) is 5.32 Å². The van der Waals surface area contributed by atoms with Crippen molar-refractivity contribution < 1.29 is 14.1 Å². The van der Waals surface area contributed by atoms with Crippen molar-refractivity contribution in [2.24, 2.45) is 0 Å². The maximum atomic E-state index is 12.6. The molecule has 1 atom stereocenters. The highest BCUT2D eigenvalue weighted by Gasteiger charge is 2.27. The standard InChI is InChI=1S/C26H32N2O2/c1-18-7-10-21(11-8-18)16-28(26(4,5)6)17-23-13-14-24(30-23)25(29)27-22-12-9-19(2)20(3)15-22/h7-15H,16-17H2,1-6H3,(H,27,29)/p+1. The van der Waals surface area contributed by atoms with Gasteiger partial charge < -0.3 is 14.6 Å². The van der Waals surface area contributed by atoms with Gasteiger partial charge in [0.2, 0.25) is 0 Å². The molecule has 4 heteroatoms. The zero-order valence-electron chi connectivity index (χ0n) is 18.9. The van der Waals surface area contributed by atoms with Gasteiger partial charge in [-0.1, -0.05) is 35.9 Å². The first-order valence-corrected chi connectivity index (χ1v) is 10.5. The average Bonchev–Trinajstić information content (AvgIpc) is 3.14. The maximum Gasteiger partial charge on any atom is 0.291 e. The Bertz CT molecular complexity index is 1010. The highest BCUT2D eigenvalue weighted by atomic mass is 16.4. The van der Waals surface area contributed by atoms with Crippen LogP contribution in [-0.4, -0.2) is 11.4 Å². The fraction of sp³-hybridized carbons (Fsp3) is 0.346. The molecule has 0 spiro atoms. The Balaban J connectivity index is 1.70. The summed E-state index contributed by atoms with van der Waals surface area (Å²) in [6, 6.07) is 18.2. The van der Waals surface area contributed by atoms with Crippen molar-refractivity contribution >= 4 is 11.6 Å². The van der Waals surface area contributed by atoms with Gasteiger partial charge >= 0.3 is 0 Å². The van der Waals surface area contributed by atoms with Crippen LogP contribution in [0, 0.1) is 20.8 Å². The summed E-state index contributed by atoms with van der Waals surface area (Å²) in [4.78, 5) is 14.0. The number of carbonyl (C=O) groups excluding carboxylic acids is 1. The van der Waals surface area contributed by atoms with E-state index in [1.54, 1.807) is 6.07 Å². The molecule has 2 N–H and O–H groups in total. The van der Waals surface area contributed by atoms with Gasteiger partial charge in [0, 0.05) is 11.3 Å². The molecular formula is C26H33N2O2+. The molecule has 0 aliphatic heterocycles. The number of amides is 1. The van der Waals surface area contributed by atoms with Crippen LogP contribution >= 0.6 is 0 Å². The van der Waals surface area contributed by atoms with E-state index in [0.29, 0.717) is 12.3 Å². The lowest BCUT2D eigenvalue weighted by atomic mass is 10.0. The van der Waals surface area contributed by atoms with Gasteiger partial charge in [0.15, 0.2) is 11.5 Å². The molecule has 0 radical (unpaired) electrons. The lowest BCUT2D eigenvalue weighted by Gasteiger charge is -2.31. The second-order valence-electron chi connectivity index (χ2n) is 9.21. The number of carbonyl (C=O) groups is 1. The van der Waals surface area contributed by atoms with Crippen LogP contribution < -0.4 is 10.2 Å². The van der Waals surface area contributed by atoms with E-state index in [0.717, 1.165) is 23.6 Å². The van der Waals surface area contributed by atoms with E-state index in [-0.39, 0.29) is 11.4 Å². The zero-order valence-corrected chi connectivity index (χ0v) is 18.9. The summed E-state index contributed by atoms with van der Waals surface area (Å²) in [5.41, 5.74) is 5.73. The van der Waals surface area contributed by atoms with Crippen molar-refractivity contribution in [3.8, 4) is 0 Å². The molecule has 0 saturated heterocycles. The van der Waals surface area contributed by atoms with Gasteiger partial charge in [-0.05, 0) is 76.9 Å². The third-order valence-corrected chi connectivity index (χ3v) is 5.64. The minimum atomic E-state index is -0.222. The maximum absolute atomic E-state index is 12.6. The number of nitrogens with one attached hydrogen (secondary N) is 2. The molecule has 4 nitrogen and oxygen atoms in total. The molecule has 1 unspecified atom stereocenters. The van der Waals surface area contributed by atoms with Crippen LogP contribution in [0.5, 0.6) is 0 Å². The number of anilines is 1. The Hall–Kier alpha value is -2.85. The first-order chi connectivity index (χ1) is 14.1. The number of benzene rings is 2. The lowest BCUT2D eigenvalue weighted by molar-refractivity contribution is -0.973. The fourth-order valence-corrected chi connectivity index (χ4v) is 3.36. The molecular weight excluding hydrogens is 372 g/mol. The van der Waals surface area contributed by atoms with E-state index < -0.39 is 0 Å². The number of furan rings is 1. The lowest BCUT2D eigenvalue weighted by Crippen LogP contribution is -3.16. The molecule has 3 rings (SSSR count). The summed E-state index contributed by atoms with van der Waals surface area (Å²) in [5.74, 6) is 0.935. The van der Waals surface area contributed by atoms with E-state index >= 15 is 0 Å². The molecule has 158 valence electrons. The Kier molecular flexibility index (Phi) is 6.47. The first kappa shape index (κ1) is 21.8. The van der Waals surface area contributed by atoms with Gasteiger partial charge in [-0.3, -0.25) is 4.79 Å². The first-order valence-electron chi connectivity index (χ1n) is 10.5. The summed E-state index contributed by atoms with van der Waals surface area (Å²) < 4.78 is 5.92. The van der Waals surface area contributed by atoms with E-state index in [2.05, 4.69) is 64.2 Å². The smallest absolute Gasteiger partial charge is 0.291 e. The molecule has 0 bridgehead atoms. The summed E-state index contributed by atoms with van der Waals surface area (Å²) in [6.07, 6.45) is 0. The SMILES string of the molecule is Cc1ccc(C[NH+](Cc2ccc(C(=O)Nc3ccc(C)c(C)c3)o2)C(C)(C)C)cc1. The summed E-state index contributed by atoms with van der Waals surface area (Å²) in [7, 11) is 0. The van der Waals surface area contributed by atoms with E-state index in [9.17, 15) is 4.79 Å². The quantitative estimate of drug-likeness (QED) is 0.616. The van der Waals surface area contributed by atoms with Crippen LogP contribution in [0.1, 0.15) is 59.3 Å². The van der Waals surface area contributed by atoms with Crippen molar-refractivity contribution in [1.29, 1.82) is 0 Å². The summed E-state index contributed by atoms with van der Waals surface area (Å²) in [6.45, 7) is 14.5. The summed E-state index contributed by atoms with van der Waals surface area (Å²) >= 11 is 0. The second-order valence-corrected chi connectivity index (χ2v) is 9.21. The van der Waals surface area contributed by atoms with Crippen LogP contribution in [0.25, 0.3) is 0 Å². The largest absolute Gasteiger partial charge is 0.450 e. The number of aryl methyl sites for hydroxylation is 3. The van der Waals surface area contributed by atoms with Gasteiger partial charge in [0.1, 0.15) is 13.1 Å². The zero-order chi connectivity index (χ0) is 21.9. The molecule has 0 fully saturated rings. The van der Waals surface area contributed by atoms with Crippen molar-refractivity contribution in [1.82, 2.24) is 0 Å². The minimum Gasteiger partial charge on any atom is -0.450 e. The van der Waals surface area contributed by atoms with Gasteiger partial charge in [0.25, 0.3) is 5.91 Å². The molecule has 1 heterocycles. The van der Waals surface area contributed by atoms with Crippen LogP contribution in [0.15, 0.2) is 59.0 Å². The molecule has 0 aliphatic rings. The Labute approximate surface area is 179 Å². The Morgan fingerprint density at radius 3 is 2.23 bits per heavy atom. The second kappa shape index (κ2) is 8.88. The molecule has 30 heavy (non-hydrogen) atoms. The average molecular weight is 406 g/mol. The predicted octanol–water partition coefficient (Wildman–Crippen LogP) is 4.84. The highest BCUT2D eigenvalue weighted by Crippen LogP contribution is 2.16. The molecule has 3 aromatic rings. The molecule has 0 aliphatic carbocycles. The molecule has 0 saturated carbocycles. The van der Waals surface area contributed by atoms with Gasteiger partial charge in [0.05, 0.1) is 5.54 Å². The normalized spacial score (nSPS) is 12.6. The summed E-state index contributed by atoms with van der Waals surface area (Å²) in [5, 5.41) is 2.93. The molecule has 2 aromatic carbocycles. The number of hydrogen-bond acceptors (Lipinski definition) is 2. The van der Waals surface area contributed by atoms with E-state index in [1.807, 2.05) is 31.2 Å². The van der Waals surface area contributed by atoms with E-state index in [4.69, 9.17) is 4.42 Å². The van der Waals surface area contributed by atoms with Crippen molar-refractivity contribution in [2.45, 2.75) is 60.2 Å². The van der Waals surface area contributed by atoms with Crippen molar-refractivity contribution in [3.63, 3.8) is 0 Å². The Morgan fingerprint density at radius 2 is 1.60 bits per heavy atom. The number of rotatable bonds is 6. The highest BCUT2D eigenvalue weighted by molar-refractivity contribution is 6.02. The fourth-order valence-electron chi connectivity index (χ4n) is 3.36. The minimum absolute atomic E-state index is 0.0412. The van der Waals surface area contributed by atoms with Crippen LogP contribution in [0.3, 0.4) is 0 Å². The monoisotopic (exact) mass is 405 g/mol. The van der Waals surface area contributed by atoms with Crippen LogP contribution in [-0.2, 0) is 13.1 Å². The topological polar surface area (TPSA) is 46.7 Å². The third kappa shape index (κ3) is 5.61. The predicted molar refractivity (Wildman–Crippen MR) is 122 cm³/mol. The molecule has 1 amide bonds. The van der Waals surface area contributed by atoms with Gasteiger partial charge in [-0.25, -0.2) is 0 Å². The van der Waals surface area contributed by atoms with Gasteiger partial charge in [-0.2, -0.15) is 0 Å². The number of hydrogen-bond donors (Lipinski definition) is 2. The van der Waals surface area contributed by atoms with E-state index in [1.165, 1.54) is 21.6 Å².